The molecule has 0 spiro atoms. The second kappa shape index (κ2) is 8.29. The number of hydrogen-bond donors (Lipinski definition) is 1. The molecule has 136 valence electrons. The van der Waals surface area contributed by atoms with Crippen LogP contribution in [0, 0.1) is 0 Å². The minimum Gasteiger partial charge on any atom is -0.456 e. The van der Waals surface area contributed by atoms with Crippen LogP contribution in [0.2, 0.25) is 0 Å². The quantitative estimate of drug-likeness (QED) is 0.792. The molecule has 2 aromatic rings. The molecular formula is C18H27N5O2. The molecule has 1 saturated heterocycles. The van der Waals surface area contributed by atoms with Gasteiger partial charge in [-0.2, -0.15) is 0 Å². The monoisotopic (exact) mass is 345 g/mol. The third kappa shape index (κ3) is 4.28. The lowest BCUT2D eigenvalue weighted by Crippen LogP contribution is -2.26. The number of furan rings is 1. The predicted molar refractivity (Wildman–Crippen MR) is 94.3 cm³/mol. The lowest BCUT2D eigenvalue weighted by atomic mass is 10.2. The van der Waals surface area contributed by atoms with E-state index in [9.17, 15) is 4.79 Å². The van der Waals surface area contributed by atoms with Gasteiger partial charge in [-0.25, -0.2) is 0 Å². The predicted octanol–water partition coefficient (Wildman–Crippen LogP) is 2.02. The lowest BCUT2D eigenvalue weighted by molar-refractivity contribution is 0.0924. The van der Waals surface area contributed by atoms with Gasteiger partial charge < -0.3 is 14.3 Å². The second-order valence-electron chi connectivity index (χ2n) is 6.43. The molecule has 0 bridgehead atoms. The number of carbonyl (C=O) groups is 1. The van der Waals surface area contributed by atoms with Crippen molar-refractivity contribution in [3.05, 3.63) is 35.3 Å². The Kier molecular flexibility index (Phi) is 5.86. The summed E-state index contributed by atoms with van der Waals surface area (Å²) < 4.78 is 7.77. The van der Waals surface area contributed by atoms with Crippen molar-refractivity contribution in [2.45, 2.75) is 52.6 Å². The average Bonchev–Trinajstić information content (AvgIpc) is 3.35. The van der Waals surface area contributed by atoms with Crippen LogP contribution in [0.1, 0.15) is 54.4 Å². The van der Waals surface area contributed by atoms with Crippen LogP contribution in [0.25, 0.3) is 0 Å². The Balaban J connectivity index is 1.57. The van der Waals surface area contributed by atoms with Crippen molar-refractivity contribution >= 4 is 5.91 Å². The molecule has 1 amide bonds. The number of hydrogen-bond acceptors (Lipinski definition) is 5. The Labute approximate surface area is 148 Å². The number of nitrogens with one attached hydrogen (secondary N) is 1. The van der Waals surface area contributed by atoms with Crippen LogP contribution in [0.3, 0.4) is 0 Å². The molecular weight excluding hydrogens is 318 g/mol. The summed E-state index contributed by atoms with van der Waals surface area (Å²) in [6, 6.07) is 1.90. The van der Waals surface area contributed by atoms with Crippen molar-refractivity contribution in [3.63, 3.8) is 0 Å². The first-order chi connectivity index (χ1) is 12.2. The van der Waals surface area contributed by atoms with Gasteiger partial charge in [-0.3, -0.25) is 9.69 Å². The molecule has 7 heteroatoms. The number of aryl methyl sites for hydroxylation is 2. The highest BCUT2D eigenvalue weighted by Crippen LogP contribution is 2.20. The van der Waals surface area contributed by atoms with E-state index >= 15 is 0 Å². The largest absolute Gasteiger partial charge is 0.456 e. The third-order valence-electron chi connectivity index (χ3n) is 4.70. The molecule has 0 saturated carbocycles. The summed E-state index contributed by atoms with van der Waals surface area (Å²) in [5, 5.41) is 10.9. The summed E-state index contributed by atoms with van der Waals surface area (Å²) >= 11 is 0. The molecule has 2 aromatic heterocycles. The molecule has 0 aliphatic carbocycles. The zero-order valence-electron chi connectivity index (χ0n) is 15.1. The van der Waals surface area contributed by atoms with E-state index in [1.165, 1.54) is 12.8 Å². The van der Waals surface area contributed by atoms with Gasteiger partial charge in [-0.15, -0.1) is 10.2 Å². The molecule has 0 aromatic carbocycles. The Morgan fingerprint density at radius 1 is 1.32 bits per heavy atom. The molecule has 0 unspecified atom stereocenters. The highest BCUT2D eigenvalue weighted by Gasteiger charge is 2.19. The van der Waals surface area contributed by atoms with Gasteiger partial charge in [0.1, 0.15) is 17.9 Å². The first-order valence-electron chi connectivity index (χ1n) is 9.20. The molecule has 0 atom stereocenters. The van der Waals surface area contributed by atoms with Crippen LogP contribution >= 0.6 is 0 Å². The maximum absolute atomic E-state index is 12.4. The maximum Gasteiger partial charge on any atom is 0.287 e. The molecule has 1 aliphatic rings. The Bertz CT molecular complexity index is 700. The minimum absolute atomic E-state index is 0.162. The van der Waals surface area contributed by atoms with Crippen LogP contribution in [-0.4, -0.2) is 45.2 Å². The summed E-state index contributed by atoms with van der Waals surface area (Å²) in [5.41, 5.74) is 1.14. The zero-order valence-corrected chi connectivity index (χ0v) is 15.1. The van der Waals surface area contributed by atoms with E-state index in [4.69, 9.17) is 4.42 Å². The van der Waals surface area contributed by atoms with Crippen molar-refractivity contribution in [1.29, 1.82) is 0 Å². The number of likely N-dealkylation sites (tertiary alicyclic amines) is 1. The standard InChI is InChI=1S/C18H27N5O2/c1-3-15-14(12-22-9-5-6-10-22)11-16(25-15)18(24)19-8-7-17-21-20-13-23(17)4-2/h11,13H,3-10,12H2,1-2H3,(H,19,24). The van der Waals surface area contributed by atoms with Gasteiger partial charge in [0.15, 0.2) is 5.76 Å². The van der Waals surface area contributed by atoms with Gasteiger partial charge in [0.25, 0.3) is 5.91 Å². The number of nitrogens with zero attached hydrogens (tertiary/aromatic N) is 4. The van der Waals surface area contributed by atoms with Gasteiger partial charge >= 0.3 is 0 Å². The summed E-state index contributed by atoms with van der Waals surface area (Å²) in [6.07, 6.45) is 5.68. The molecule has 1 N–H and O–H groups in total. The normalized spacial score (nSPS) is 15.0. The molecule has 3 rings (SSSR count). The number of aromatic nitrogens is 3. The fourth-order valence-electron chi connectivity index (χ4n) is 3.30. The van der Waals surface area contributed by atoms with Crippen LogP contribution in [0.5, 0.6) is 0 Å². The highest BCUT2D eigenvalue weighted by atomic mass is 16.4. The lowest BCUT2D eigenvalue weighted by Gasteiger charge is -2.13. The average molecular weight is 345 g/mol. The van der Waals surface area contributed by atoms with Crippen LogP contribution < -0.4 is 5.32 Å². The molecule has 25 heavy (non-hydrogen) atoms. The molecule has 1 fully saturated rings. The van der Waals surface area contributed by atoms with E-state index in [0.29, 0.717) is 18.7 Å². The summed E-state index contributed by atoms with van der Waals surface area (Å²) in [6.45, 7) is 8.59. The zero-order chi connectivity index (χ0) is 17.6. The number of amides is 1. The van der Waals surface area contributed by atoms with Gasteiger partial charge in [-0.1, -0.05) is 6.92 Å². The number of carbonyl (C=O) groups excluding carboxylic acids is 1. The fourth-order valence-corrected chi connectivity index (χ4v) is 3.30. The summed E-state index contributed by atoms with van der Waals surface area (Å²) in [7, 11) is 0. The van der Waals surface area contributed by atoms with Crippen molar-refractivity contribution < 1.29 is 9.21 Å². The van der Waals surface area contributed by atoms with Crippen LogP contribution in [0.4, 0.5) is 0 Å². The first-order valence-corrected chi connectivity index (χ1v) is 9.20. The number of rotatable bonds is 8. The van der Waals surface area contributed by atoms with Gasteiger partial charge in [0.2, 0.25) is 0 Å². The Morgan fingerprint density at radius 3 is 2.84 bits per heavy atom. The van der Waals surface area contributed by atoms with Crippen LogP contribution in [-0.2, 0) is 25.9 Å². The van der Waals surface area contributed by atoms with E-state index in [1.807, 2.05) is 17.6 Å². The molecule has 3 heterocycles. The smallest absolute Gasteiger partial charge is 0.287 e. The Morgan fingerprint density at radius 2 is 2.12 bits per heavy atom. The summed E-state index contributed by atoms with van der Waals surface area (Å²) in [4.78, 5) is 14.8. The van der Waals surface area contributed by atoms with Gasteiger partial charge in [-0.05, 0) is 38.9 Å². The van der Waals surface area contributed by atoms with E-state index in [-0.39, 0.29) is 5.91 Å². The third-order valence-corrected chi connectivity index (χ3v) is 4.70. The minimum atomic E-state index is -0.162. The van der Waals surface area contributed by atoms with Crippen molar-refractivity contribution in [3.8, 4) is 0 Å². The first kappa shape index (κ1) is 17.7. The maximum atomic E-state index is 12.4. The molecule has 1 aliphatic heterocycles. The topological polar surface area (TPSA) is 76.2 Å². The van der Waals surface area contributed by atoms with Crippen LogP contribution in [0.15, 0.2) is 16.8 Å². The second-order valence-corrected chi connectivity index (χ2v) is 6.43. The Hall–Kier alpha value is -2.15. The van der Waals surface area contributed by atoms with E-state index in [2.05, 4.69) is 27.3 Å². The van der Waals surface area contributed by atoms with Crippen molar-refractivity contribution in [2.24, 2.45) is 0 Å². The van der Waals surface area contributed by atoms with E-state index < -0.39 is 0 Å². The molecule has 7 nitrogen and oxygen atoms in total. The van der Waals surface area contributed by atoms with Crippen molar-refractivity contribution in [2.75, 3.05) is 19.6 Å². The fraction of sp³-hybridized carbons (Fsp3) is 0.611. The highest BCUT2D eigenvalue weighted by molar-refractivity contribution is 5.91. The summed E-state index contributed by atoms with van der Waals surface area (Å²) in [5.74, 6) is 2.04. The SMILES string of the molecule is CCc1oc(C(=O)NCCc2nncn2CC)cc1CN1CCCC1. The van der Waals surface area contributed by atoms with Gasteiger partial charge in [0.05, 0.1) is 0 Å². The van der Waals surface area contributed by atoms with E-state index in [1.54, 1.807) is 6.33 Å². The molecule has 0 radical (unpaired) electrons. The van der Waals surface area contributed by atoms with Crippen molar-refractivity contribution in [1.82, 2.24) is 25.0 Å². The van der Waals surface area contributed by atoms with E-state index in [0.717, 1.165) is 49.7 Å². The van der Waals surface area contributed by atoms with Gasteiger partial charge in [0, 0.05) is 38.0 Å².